The van der Waals surface area contributed by atoms with E-state index in [1.165, 1.54) is 0 Å². The third kappa shape index (κ3) is 2.58. The molecule has 1 amide bonds. The lowest BCUT2D eigenvalue weighted by Gasteiger charge is -2.16. The van der Waals surface area contributed by atoms with Crippen LogP contribution in [0, 0.1) is 0 Å². The number of amides is 1. The number of hydrogen-bond acceptors (Lipinski definition) is 2. The maximum atomic E-state index is 11.8. The Morgan fingerprint density at radius 1 is 1.35 bits per heavy atom. The van der Waals surface area contributed by atoms with Crippen LogP contribution >= 0.6 is 11.6 Å². The number of carboxylic acid groups (broad SMARTS) is 1. The quantitative estimate of drug-likeness (QED) is 0.897. The summed E-state index contributed by atoms with van der Waals surface area (Å²) in [6.07, 6.45) is 0.685. The average molecular weight is 254 g/mol. The minimum atomic E-state index is -0.950. The van der Waals surface area contributed by atoms with Gasteiger partial charge in [-0.3, -0.25) is 9.59 Å². The van der Waals surface area contributed by atoms with Gasteiger partial charge in [0.15, 0.2) is 0 Å². The van der Waals surface area contributed by atoms with Crippen LogP contribution in [0.25, 0.3) is 0 Å². The van der Waals surface area contributed by atoms with Gasteiger partial charge in [0.2, 0.25) is 5.91 Å². The van der Waals surface area contributed by atoms with Crippen molar-refractivity contribution in [3.63, 3.8) is 0 Å². The molecule has 0 aromatic heterocycles. The van der Waals surface area contributed by atoms with Crippen LogP contribution in [0.4, 0.5) is 5.69 Å². The van der Waals surface area contributed by atoms with E-state index in [1.807, 2.05) is 12.1 Å². The first-order valence-corrected chi connectivity index (χ1v) is 5.76. The molecule has 0 fully saturated rings. The van der Waals surface area contributed by atoms with E-state index < -0.39 is 5.97 Å². The Kier molecular flexibility index (Phi) is 3.33. The van der Waals surface area contributed by atoms with Crippen molar-refractivity contribution < 1.29 is 14.7 Å². The number of carbonyl (C=O) groups is 2. The second-order valence-electron chi connectivity index (χ2n) is 3.96. The van der Waals surface area contributed by atoms with Crippen molar-refractivity contribution in [2.24, 2.45) is 0 Å². The van der Waals surface area contributed by atoms with E-state index in [1.54, 1.807) is 11.0 Å². The van der Waals surface area contributed by atoms with Crippen LogP contribution in [0.3, 0.4) is 0 Å². The van der Waals surface area contributed by atoms with Crippen LogP contribution in [-0.2, 0) is 16.0 Å². The van der Waals surface area contributed by atoms with Crippen molar-refractivity contribution in [3.05, 3.63) is 28.8 Å². The minimum absolute atomic E-state index is 0.0391. The fraction of sp³-hybridized carbons (Fsp3) is 0.333. The molecule has 0 saturated heterocycles. The van der Waals surface area contributed by atoms with Crippen LogP contribution in [0.2, 0.25) is 5.02 Å². The summed E-state index contributed by atoms with van der Waals surface area (Å²) in [5.41, 5.74) is 1.89. The number of rotatable bonds is 3. The molecule has 0 saturated carbocycles. The molecule has 0 spiro atoms. The zero-order chi connectivity index (χ0) is 12.4. The zero-order valence-corrected chi connectivity index (χ0v) is 9.91. The molecule has 90 valence electrons. The molecule has 4 nitrogen and oxygen atoms in total. The number of carbonyl (C=O) groups excluding carboxylic acids is 1. The van der Waals surface area contributed by atoms with Crippen LogP contribution in [-0.4, -0.2) is 23.5 Å². The van der Waals surface area contributed by atoms with Gasteiger partial charge >= 0.3 is 5.97 Å². The summed E-state index contributed by atoms with van der Waals surface area (Å²) in [6, 6.07) is 5.40. The lowest BCUT2D eigenvalue weighted by atomic mass is 10.2. The molecule has 0 unspecified atom stereocenters. The monoisotopic (exact) mass is 253 g/mol. The molecule has 1 aliphatic heterocycles. The Hall–Kier alpha value is -1.55. The number of aliphatic carboxylic acids is 1. The van der Waals surface area contributed by atoms with Gasteiger partial charge in [-0.2, -0.15) is 0 Å². The molecule has 1 N–H and O–H groups in total. The van der Waals surface area contributed by atoms with Gasteiger partial charge in [0.1, 0.15) is 0 Å². The first-order chi connectivity index (χ1) is 8.08. The summed E-state index contributed by atoms with van der Waals surface area (Å²) in [5, 5.41) is 9.20. The van der Waals surface area contributed by atoms with E-state index in [2.05, 4.69) is 0 Å². The van der Waals surface area contributed by atoms with Gasteiger partial charge < -0.3 is 10.0 Å². The lowest BCUT2D eigenvalue weighted by molar-refractivity contribution is -0.138. The highest BCUT2D eigenvalue weighted by molar-refractivity contribution is 6.30. The number of carboxylic acids is 1. The van der Waals surface area contributed by atoms with E-state index >= 15 is 0 Å². The predicted molar refractivity (Wildman–Crippen MR) is 64.4 cm³/mol. The van der Waals surface area contributed by atoms with E-state index in [-0.39, 0.29) is 18.7 Å². The van der Waals surface area contributed by atoms with Gasteiger partial charge in [-0.25, -0.2) is 0 Å². The summed E-state index contributed by atoms with van der Waals surface area (Å²) < 4.78 is 0. The molecule has 1 aliphatic rings. The van der Waals surface area contributed by atoms with Crippen LogP contribution in [0.5, 0.6) is 0 Å². The molecule has 5 heteroatoms. The van der Waals surface area contributed by atoms with Crippen molar-refractivity contribution in [2.45, 2.75) is 19.3 Å². The Labute approximate surface area is 104 Å². The van der Waals surface area contributed by atoms with Crippen LogP contribution in [0.1, 0.15) is 18.4 Å². The Balaban J connectivity index is 2.11. The van der Waals surface area contributed by atoms with Crippen LogP contribution in [0.15, 0.2) is 18.2 Å². The summed E-state index contributed by atoms with van der Waals surface area (Å²) in [4.78, 5) is 23.9. The lowest BCUT2D eigenvalue weighted by Crippen LogP contribution is -2.29. The summed E-state index contributed by atoms with van der Waals surface area (Å²) in [5.74, 6) is -1.10. The summed E-state index contributed by atoms with van der Waals surface area (Å²) >= 11 is 5.87. The number of halogens is 1. The molecule has 1 aromatic carbocycles. The number of fused-ring (bicyclic) bond motifs is 1. The van der Waals surface area contributed by atoms with Crippen molar-refractivity contribution in [2.75, 3.05) is 11.4 Å². The maximum absolute atomic E-state index is 11.8. The SMILES string of the molecule is O=C(O)CCC(=O)N1CCc2cc(Cl)ccc21. The Morgan fingerprint density at radius 2 is 2.12 bits per heavy atom. The summed E-state index contributed by atoms with van der Waals surface area (Å²) in [7, 11) is 0. The molecule has 2 rings (SSSR count). The van der Waals surface area contributed by atoms with Gasteiger partial charge in [-0.15, -0.1) is 0 Å². The minimum Gasteiger partial charge on any atom is -0.481 e. The normalized spacial score (nSPS) is 13.6. The third-order valence-electron chi connectivity index (χ3n) is 2.79. The maximum Gasteiger partial charge on any atom is 0.303 e. The fourth-order valence-electron chi connectivity index (χ4n) is 1.98. The van der Waals surface area contributed by atoms with E-state index in [0.29, 0.717) is 11.6 Å². The molecular formula is C12H12ClNO3. The highest BCUT2D eigenvalue weighted by Gasteiger charge is 2.24. The van der Waals surface area contributed by atoms with Gasteiger partial charge in [0.25, 0.3) is 0 Å². The predicted octanol–water partition coefficient (Wildman–Crippen LogP) is 2.09. The smallest absolute Gasteiger partial charge is 0.303 e. The molecule has 17 heavy (non-hydrogen) atoms. The number of benzene rings is 1. The van der Waals surface area contributed by atoms with Gasteiger partial charge in [0.05, 0.1) is 6.42 Å². The fourth-order valence-corrected chi connectivity index (χ4v) is 2.17. The van der Waals surface area contributed by atoms with E-state index in [0.717, 1.165) is 17.7 Å². The topological polar surface area (TPSA) is 57.6 Å². The summed E-state index contributed by atoms with van der Waals surface area (Å²) in [6.45, 7) is 0.605. The van der Waals surface area contributed by atoms with Crippen molar-refractivity contribution in [1.82, 2.24) is 0 Å². The zero-order valence-electron chi connectivity index (χ0n) is 9.15. The largest absolute Gasteiger partial charge is 0.481 e. The Morgan fingerprint density at radius 3 is 2.82 bits per heavy atom. The standard InChI is InChI=1S/C12H12ClNO3/c13-9-1-2-10-8(7-9)5-6-14(10)11(15)3-4-12(16)17/h1-2,7H,3-6H2,(H,16,17). The second-order valence-corrected chi connectivity index (χ2v) is 4.40. The van der Waals surface area contributed by atoms with E-state index in [9.17, 15) is 9.59 Å². The molecule has 0 atom stereocenters. The molecule has 1 heterocycles. The van der Waals surface area contributed by atoms with Gasteiger partial charge in [-0.05, 0) is 30.2 Å². The van der Waals surface area contributed by atoms with Gasteiger partial charge in [-0.1, -0.05) is 11.6 Å². The first kappa shape index (κ1) is 11.9. The van der Waals surface area contributed by atoms with Crippen molar-refractivity contribution >= 4 is 29.2 Å². The highest BCUT2D eigenvalue weighted by atomic mass is 35.5. The number of hydrogen-bond donors (Lipinski definition) is 1. The molecule has 0 bridgehead atoms. The molecular weight excluding hydrogens is 242 g/mol. The average Bonchev–Trinajstić information content (AvgIpc) is 2.68. The van der Waals surface area contributed by atoms with E-state index in [4.69, 9.17) is 16.7 Å². The van der Waals surface area contributed by atoms with Gasteiger partial charge in [0, 0.05) is 23.7 Å². The third-order valence-corrected chi connectivity index (χ3v) is 3.03. The second kappa shape index (κ2) is 4.75. The van der Waals surface area contributed by atoms with Crippen molar-refractivity contribution in [3.8, 4) is 0 Å². The Bertz CT molecular complexity index is 473. The number of nitrogens with zero attached hydrogens (tertiary/aromatic N) is 1. The van der Waals surface area contributed by atoms with Crippen molar-refractivity contribution in [1.29, 1.82) is 0 Å². The first-order valence-electron chi connectivity index (χ1n) is 5.38. The highest BCUT2D eigenvalue weighted by Crippen LogP contribution is 2.30. The molecule has 0 aliphatic carbocycles. The molecule has 1 aromatic rings. The molecule has 0 radical (unpaired) electrons. The number of anilines is 1. The van der Waals surface area contributed by atoms with Crippen LogP contribution < -0.4 is 4.90 Å².